The highest BCUT2D eigenvalue weighted by molar-refractivity contribution is 5.97. The Morgan fingerprint density at radius 1 is 0.919 bits per heavy atom. The summed E-state index contributed by atoms with van der Waals surface area (Å²) < 4.78 is 0. The van der Waals surface area contributed by atoms with Crippen LogP contribution in [0.3, 0.4) is 0 Å². The van der Waals surface area contributed by atoms with Crippen LogP contribution in [-0.4, -0.2) is 53.5 Å². The summed E-state index contributed by atoms with van der Waals surface area (Å²) in [5, 5.41) is 0. The van der Waals surface area contributed by atoms with E-state index < -0.39 is 0 Å². The molecule has 1 spiro atoms. The number of benzene rings is 2. The minimum Gasteiger partial charge on any atom is -0.339 e. The second-order valence-corrected chi connectivity index (χ2v) is 11.5. The van der Waals surface area contributed by atoms with Crippen molar-refractivity contribution in [1.29, 1.82) is 0 Å². The van der Waals surface area contributed by atoms with Gasteiger partial charge in [-0.1, -0.05) is 43.7 Å². The Hall–Kier alpha value is -2.82. The van der Waals surface area contributed by atoms with E-state index in [-0.39, 0.29) is 22.9 Å². The maximum atomic E-state index is 14.0. The number of urea groups is 1. The molecule has 2 aromatic rings. The molecule has 0 atom stereocenters. The SMILES string of the molecule is CCN(CC)C(=O)c1ccc(N2CC3(CCC(CC)(c4ccccc4)CC3)N(CC3CCC3)C2=O)cc1. The van der Waals surface area contributed by atoms with Crippen molar-refractivity contribution in [2.45, 2.75) is 83.1 Å². The van der Waals surface area contributed by atoms with E-state index in [1.807, 2.05) is 47.9 Å². The lowest BCUT2D eigenvalue weighted by atomic mass is 9.62. The summed E-state index contributed by atoms with van der Waals surface area (Å²) in [4.78, 5) is 32.8. The van der Waals surface area contributed by atoms with Crippen molar-refractivity contribution in [3.8, 4) is 0 Å². The summed E-state index contributed by atoms with van der Waals surface area (Å²) in [5.74, 6) is 0.693. The largest absolute Gasteiger partial charge is 0.339 e. The first-order valence-corrected chi connectivity index (χ1v) is 14.5. The molecule has 2 aromatic carbocycles. The molecular formula is C32H43N3O2. The number of carbonyl (C=O) groups is 2. The zero-order chi connectivity index (χ0) is 26.0. The average molecular weight is 502 g/mol. The number of nitrogens with zero attached hydrogens (tertiary/aromatic N) is 3. The molecule has 0 radical (unpaired) electrons. The van der Waals surface area contributed by atoms with E-state index in [2.05, 4.69) is 42.2 Å². The molecule has 3 aliphatic rings. The van der Waals surface area contributed by atoms with Crippen LogP contribution in [0.4, 0.5) is 10.5 Å². The van der Waals surface area contributed by atoms with Crippen molar-refractivity contribution in [2.75, 3.05) is 31.1 Å². The Balaban J connectivity index is 1.39. The van der Waals surface area contributed by atoms with Gasteiger partial charge in [0.25, 0.3) is 5.91 Å². The molecule has 3 amide bonds. The Morgan fingerprint density at radius 3 is 2.11 bits per heavy atom. The molecule has 2 saturated carbocycles. The lowest BCUT2D eigenvalue weighted by Crippen LogP contribution is -2.53. The molecule has 0 bridgehead atoms. The molecule has 0 aromatic heterocycles. The van der Waals surface area contributed by atoms with Crippen LogP contribution in [0.5, 0.6) is 0 Å². The molecule has 1 heterocycles. The second kappa shape index (κ2) is 10.5. The third-order valence-electron chi connectivity index (χ3n) is 9.83. The average Bonchev–Trinajstić information content (AvgIpc) is 3.18. The van der Waals surface area contributed by atoms with Gasteiger partial charge in [-0.3, -0.25) is 9.69 Å². The predicted octanol–water partition coefficient (Wildman–Crippen LogP) is 6.87. The second-order valence-electron chi connectivity index (χ2n) is 11.5. The molecule has 5 nitrogen and oxygen atoms in total. The van der Waals surface area contributed by atoms with Crippen molar-refractivity contribution in [1.82, 2.24) is 9.80 Å². The van der Waals surface area contributed by atoms with Crippen molar-refractivity contribution in [2.24, 2.45) is 5.92 Å². The number of amides is 3. The highest BCUT2D eigenvalue weighted by atomic mass is 16.2. The van der Waals surface area contributed by atoms with Crippen LogP contribution in [-0.2, 0) is 5.41 Å². The number of rotatable bonds is 8. The van der Waals surface area contributed by atoms with E-state index in [4.69, 9.17) is 0 Å². The molecule has 2 aliphatic carbocycles. The van der Waals surface area contributed by atoms with Gasteiger partial charge < -0.3 is 9.80 Å². The normalized spacial score (nSPS) is 26.0. The smallest absolute Gasteiger partial charge is 0.325 e. The van der Waals surface area contributed by atoms with Gasteiger partial charge in [0.1, 0.15) is 0 Å². The van der Waals surface area contributed by atoms with Gasteiger partial charge in [0.05, 0.1) is 12.1 Å². The van der Waals surface area contributed by atoms with E-state index in [0.29, 0.717) is 24.6 Å². The number of hydrogen-bond donors (Lipinski definition) is 0. The van der Waals surface area contributed by atoms with E-state index in [9.17, 15) is 9.59 Å². The summed E-state index contributed by atoms with van der Waals surface area (Å²) in [6, 6.07) is 18.9. The van der Waals surface area contributed by atoms with Crippen LogP contribution >= 0.6 is 0 Å². The number of hydrogen-bond acceptors (Lipinski definition) is 2. The lowest BCUT2D eigenvalue weighted by Gasteiger charge is -2.49. The quantitative estimate of drug-likeness (QED) is 0.396. The summed E-state index contributed by atoms with van der Waals surface area (Å²) in [5.41, 5.74) is 3.15. The van der Waals surface area contributed by atoms with Crippen molar-refractivity contribution < 1.29 is 9.59 Å². The third-order valence-corrected chi connectivity index (χ3v) is 9.83. The fourth-order valence-corrected chi connectivity index (χ4v) is 6.94. The molecule has 3 fully saturated rings. The minimum absolute atomic E-state index is 0.0523. The highest BCUT2D eigenvalue weighted by Crippen LogP contribution is 2.50. The highest BCUT2D eigenvalue weighted by Gasteiger charge is 2.54. The molecule has 1 saturated heterocycles. The third kappa shape index (κ3) is 4.66. The van der Waals surface area contributed by atoms with Crippen LogP contribution in [0.25, 0.3) is 0 Å². The van der Waals surface area contributed by atoms with Crippen LogP contribution < -0.4 is 4.90 Å². The van der Waals surface area contributed by atoms with Gasteiger partial charge >= 0.3 is 6.03 Å². The molecule has 5 rings (SSSR count). The predicted molar refractivity (Wildman–Crippen MR) is 150 cm³/mol. The molecule has 198 valence electrons. The summed E-state index contributed by atoms with van der Waals surface area (Å²) >= 11 is 0. The van der Waals surface area contributed by atoms with Gasteiger partial charge in [-0.05, 0) is 100.0 Å². The van der Waals surface area contributed by atoms with Gasteiger partial charge in [0.15, 0.2) is 0 Å². The van der Waals surface area contributed by atoms with Gasteiger partial charge in [-0.25, -0.2) is 4.79 Å². The molecule has 0 unspecified atom stereocenters. The molecule has 37 heavy (non-hydrogen) atoms. The monoisotopic (exact) mass is 501 g/mol. The molecule has 5 heteroatoms. The van der Waals surface area contributed by atoms with Gasteiger partial charge in [-0.15, -0.1) is 0 Å². The van der Waals surface area contributed by atoms with E-state index in [1.54, 1.807) is 0 Å². The first-order chi connectivity index (χ1) is 17.9. The topological polar surface area (TPSA) is 43.9 Å². The van der Waals surface area contributed by atoms with Crippen molar-refractivity contribution in [3.05, 3.63) is 65.7 Å². The van der Waals surface area contributed by atoms with Crippen LogP contribution in [0.2, 0.25) is 0 Å². The first-order valence-electron chi connectivity index (χ1n) is 14.5. The summed E-state index contributed by atoms with van der Waals surface area (Å²) in [6.07, 6.45) is 9.23. The fourth-order valence-electron chi connectivity index (χ4n) is 6.94. The first kappa shape index (κ1) is 25.8. The van der Waals surface area contributed by atoms with E-state index >= 15 is 0 Å². The number of carbonyl (C=O) groups excluding carboxylic acids is 2. The van der Waals surface area contributed by atoms with Crippen LogP contribution in [0, 0.1) is 5.92 Å². The summed E-state index contributed by atoms with van der Waals surface area (Å²) in [7, 11) is 0. The maximum absolute atomic E-state index is 14.0. The Morgan fingerprint density at radius 2 is 1.57 bits per heavy atom. The molecule has 0 N–H and O–H groups in total. The van der Waals surface area contributed by atoms with Crippen LogP contribution in [0.1, 0.15) is 88.1 Å². The lowest BCUT2D eigenvalue weighted by molar-refractivity contribution is 0.0648. The Bertz CT molecular complexity index is 1080. The Kier molecular flexibility index (Phi) is 7.33. The van der Waals surface area contributed by atoms with Gasteiger partial charge in [-0.2, -0.15) is 0 Å². The van der Waals surface area contributed by atoms with Crippen LogP contribution in [0.15, 0.2) is 54.6 Å². The summed E-state index contributed by atoms with van der Waals surface area (Å²) in [6.45, 7) is 9.36. The zero-order valence-electron chi connectivity index (χ0n) is 22.9. The van der Waals surface area contributed by atoms with Gasteiger partial charge in [0.2, 0.25) is 0 Å². The fraction of sp³-hybridized carbons (Fsp3) is 0.562. The van der Waals surface area contributed by atoms with E-state index in [0.717, 1.165) is 50.9 Å². The minimum atomic E-state index is -0.101. The van der Waals surface area contributed by atoms with E-state index in [1.165, 1.54) is 24.8 Å². The van der Waals surface area contributed by atoms with Crippen molar-refractivity contribution in [3.63, 3.8) is 0 Å². The van der Waals surface area contributed by atoms with Gasteiger partial charge in [0, 0.05) is 30.9 Å². The standard InChI is InChI=1S/C32H43N3O2/c1-4-31(27-13-8-7-9-14-27)19-21-32(22-20-31)24-34(30(37)35(32)23-25-11-10-12-25)28-17-15-26(16-18-28)29(36)33(5-2)6-3/h7-9,13-18,25H,4-6,10-12,19-24H2,1-3H3. The Labute approximate surface area is 222 Å². The number of anilines is 1. The molecular weight excluding hydrogens is 458 g/mol. The zero-order valence-corrected chi connectivity index (χ0v) is 22.9. The maximum Gasteiger partial charge on any atom is 0.325 e. The van der Waals surface area contributed by atoms with Crippen molar-refractivity contribution >= 4 is 17.6 Å². The molecule has 1 aliphatic heterocycles.